The smallest absolute Gasteiger partial charge is 0.253 e. The van der Waals surface area contributed by atoms with Crippen molar-refractivity contribution in [1.29, 1.82) is 0 Å². The van der Waals surface area contributed by atoms with E-state index in [1.165, 1.54) is 11.8 Å². The first-order chi connectivity index (χ1) is 20.4. The zero-order valence-corrected chi connectivity index (χ0v) is 14.9. The maximum atomic E-state index is 12.7. The molecule has 28 heavy (non-hydrogen) atoms. The van der Waals surface area contributed by atoms with E-state index in [-0.39, 0.29) is 0 Å². The van der Waals surface area contributed by atoms with Gasteiger partial charge in [-0.05, 0) is 49.7 Å². The zero-order chi connectivity index (χ0) is 36.2. The predicted molar refractivity (Wildman–Crippen MR) is 104 cm³/mol. The fraction of sp³-hybridized carbons (Fsp3) is 0.200. The minimum Gasteiger partial charge on any atom is -0.253 e. The van der Waals surface area contributed by atoms with Crippen LogP contribution in [0.15, 0.2) is 58.1 Å². The van der Waals surface area contributed by atoms with Crippen LogP contribution in [-0.2, 0) is 28.6 Å². The molecule has 0 unspecified atom stereocenters. The lowest BCUT2D eigenvalue weighted by Crippen LogP contribution is -2.06. The van der Waals surface area contributed by atoms with Gasteiger partial charge in [-0.1, -0.05) is 47.1 Å². The molecule has 0 fully saturated rings. The molecule has 0 bridgehead atoms. The maximum Gasteiger partial charge on any atom is 0.297 e. The minimum atomic E-state index is -5.54. The summed E-state index contributed by atoms with van der Waals surface area (Å²) < 4.78 is 196. The van der Waals surface area contributed by atoms with Gasteiger partial charge in [-0.25, -0.2) is 0 Å². The monoisotopic (exact) mass is 436 g/mol. The Bertz CT molecular complexity index is 1740. The third-order valence-corrected chi connectivity index (χ3v) is 4.31. The molecule has 0 aliphatic carbocycles. The van der Waals surface area contributed by atoms with Crippen molar-refractivity contribution in [3.8, 4) is 23.7 Å². The van der Waals surface area contributed by atoms with Crippen molar-refractivity contribution in [3.63, 3.8) is 0 Å². The average Bonchev–Trinajstić information content (AvgIpc) is 2.81. The Hall–Kier alpha value is -2.62. The molecule has 146 valence electrons. The fourth-order valence-electron chi connectivity index (χ4n) is 1.20. The molecule has 0 atom stereocenters. The molecule has 0 saturated heterocycles. The normalized spacial score (nSPS) is 22.3. The second kappa shape index (κ2) is 9.54. The van der Waals surface area contributed by atoms with Gasteiger partial charge < -0.3 is 0 Å². The fourth-order valence-corrected chi connectivity index (χ4v) is 2.37. The molecule has 0 aliphatic heterocycles. The molecule has 2 aromatic carbocycles. The van der Waals surface area contributed by atoms with Gasteiger partial charge in [0.2, 0.25) is 0 Å². The highest BCUT2D eigenvalue weighted by Gasteiger charge is 2.14. The van der Waals surface area contributed by atoms with Gasteiger partial charge in [0.1, 0.15) is 13.1 Å². The van der Waals surface area contributed by atoms with Gasteiger partial charge in [-0.3, -0.25) is 8.37 Å². The summed E-state index contributed by atoms with van der Waals surface area (Å²) in [7, 11) is -11.1. The van der Waals surface area contributed by atoms with E-state index in [1.54, 1.807) is 11.8 Å². The topological polar surface area (TPSA) is 86.7 Å². The second-order valence-electron chi connectivity index (χ2n) is 4.19. The largest absolute Gasteiger partial charge is 0.297 e. The summed E-state index contributed by atoms with van der Waals surface area (Å²) in [5.74, 6) is 6.15. The number of rotatable bonds is 6. The summed E-state index contributed by atoms with van der Waals surface area (Å²) in [6, 6.07) is -10.6. The molecule has 0 amide bonds. The van der Waals surface area contributed by atoms with Crippen molar-refractivity contribution in [3.05, 3.63) is 59.5 Å². The van der Waals surface area contributed by atoms with Gasteiger partial charge in [0.25, 0.3) is 20.2 Å². The Morgan fingerprint density at radius 2 is 1.14 bits per heavy atom. The van der Waals surface area contributed by atoms with Crippen LogP contribution in [0.25, 0.3) is 0 Å². The summed E-state index contributed by atoms with van der Waals surface area (Å²) in [6.45, 7) is -13.5. The van der Waals surface area contributed by atoms with Crippen molar-refractivity contribution >= 4 is 20.2 Å². The lowest BCUT2D eigenvalue weighted by Gasteiger charge is -2.02. The molecule has 0 spiro atoms. The highest BCUT2D eigenvalue weighted by molar-refractivity contribution is 7.87. The van der Waals surface area contributed by atoms with Crippen molar-refractivity contribution in [2.75, 3.05) is 13.1 Å². The highest BCUT2D eigenvalue weighted by Crippen LogP contribution is 2.13. The van der Waals surface area contributed by atoms with Gasteiger partial charge in [-0.15, -0.1) is 0 Å². The van der Waals surface area contributed by atoms with Crippen LogP contribution in [0.1, 0.15) is 35.8 Å². The van der Waals surface area contributed by atoms with E-state index in [1.807, 2.05) is 0 Å². The maximum absolute atomic E-state index is 12.7. The van der Waals surface area contributed by atoms with Crippen LogP contribution in [0, 0.1) is 37.4 Å². The summed E-state index contributed by atoms with van der Waals surface area (Å²) >= 11 is 0. The van der Waals surface area contributed by atoms with Crippen molar-refractivity contribution in [1.82, 2.24) is 0 Å². The third kappa shape index (κ3) is 6.52. The van der Waals surface area contributed by atoms with Crippen LogP contribution < -0.4 is 0 Å². The van der Waals surface area contributed by atoms with E-state index < -0.39 is 116 Å². The lowest BCUT2D eigenvalue weighted by atomic mass is 10.2. The van der Waals surface area contributed by atoms with Crippen LogP contribution in [0.2, 0.25) is 0 Å². The van der Waals surface area contributed by atoms with Gasteiger partial charge in [-0.2, -0.15) is 16.8 Å². The Kier molecular flexibility index (Phi) is 2.61. The molecule has 0 N–H and O–H groups in total. The van der Waals surface area contributed by atoms with Crippen molar-refractivity contribution in [2.24, 2.45) is 0 Å². The summed E-state index contributed by atoms with van der Waals surface area (Å²) in [4.78, 5) is -3.05. The van der Waals surface area contributed by atoms with E-state index >= 15 is 0 Å². The van der Waals surface area contributed by atoms with Crippen LogP contribution in [0.5, 0.6) is 0 Å². The van der Waals surface area contributed by atoms with Crippen LogP contribution in [-0.4, -0.2) is 30.0 Å². The molecule has 2 aromatic rings. The summed E-state index contributed by atoms with van der Waals surface area (Å²) in [5.41, 5.74) is -2.22. The van der Waals surface area contributed by atoms with E-state index in [0.29, 0.717) is 0 Å². The molecule has 0 aliphatic rings. The Morgan fingerprint density at radius 3 is 1.46 bits per heavy atom. The number of hydrogen-bond acceptors (Lipinski definition) is 6. The van der Waals surface area contributed by atoms with Crippen molar-refractivity contribution < 1.29 is 49.9 Å². The average molecular weight is 437 g/mol. The molecule has 6 nitrogen and oxygen atoms in total. The third-order valence-electron chi connectivity index (χ3n) is 2.30. The van der Waals surface area contributed by atoms with Crippen LogP contribution in [0.3, 0.4) is 0 Å². The molecular weight excluding hydrogens is 400 g/mol. The van der Waals surface area contributed by atoms with E-state index in [0.717, 1.165) is 0 Å². The van der Waals surface area contributed by atoms with Crippen LogP contribution in [0.4, 0.5) is 0 Å². The van der Waals surface area contributed by atoms with Gasteiger partial charge >= 0.3 is 0 Å². The van der Waals surface area contributed by atoms with Crippen molar-refractivity contribution in [2.45, 2.75) is 23.5 Å². The second-order valence-corrected chi connectivity index (χ2v) is 7.15. The standard InChI is InChI=1S/C20H18O6S2/c1-17-7-11-19(12-8-17)27(21,22)25-15-5-3-4-6-16-26-28(23,24)20-13-9-18(2)10-14-20/h7-14H,15-16H2,1-2H3/i1D3,2D3,7D,8D,9D,10D,11D,12D,13D,14D,15D2,16D2. The Morgan fingerprint density at radius 1 is 0.786 bits per heavy atom. The Balaban J connectivity index is 2.43. The number of benzene rings is 2. The first-order valence-corrected chi connectivity index (χ1v) is 9.38. The summed E-state index contributed by atoms with van der Waals surface area (Å²) in [5, 5.41) is 0. The SMILES string of the molecule is [2H]c1c([2H])c(S(=O)(=O)OC([2H])([2H])C#CC#CC([2H])([2H])OS(=O)(=O)c2c([2H])c([2H])c(C([2H])([2H])[2H])c([2H])c2[2H])c([2H])c([2H])c1C([2H])([2H])[2H]. The van der Waals surface area contributed by atoms with Crippen LogP contribution >= 0.6 is 0 Å². The van der Waals surface area contributed by atoms with E-state index in [4.69, 9.17) is 24.7 Å². The molecule has 0 saturated carbocycles. The molecule has 0 aromatic heterocycles. The molecule has 0 radical (unpaired) electrons. The number of hydrogen-bond donors (Lipinski definition) is 0. The first-order valence-electron chi connectivity index (χ1n) is 15.6. The zero-order valence-electron chi connectivity index (χ0n) is 31.3. The first kappa shape index (κ1) is 7.66. The molecule has 8 heteroatoms. The Labute approximate surface area is 191 Å². The summed E-state index contributed by atoms with van der Waals surface area (Å²) in [6.07, 6.45) is 0. The van der Waals surface area contributed by atoms with Gasteiger partial charge in [0, 0.05) is 8.22 Å². The van der Waals surface area contributed by atoms with E-state index in [2.05, 4.69) is 8.37 Å². The highest BCUT2D eigenvalue weighted by atomic mass is 32.2. The molecular formula is C20H18O6S2. The minimum absolute atomic E-state index is 1.11. The predicted octanol–water partition coefficient (Wildman–Crippen LogP) is 2.42. The molecule has 2 rings (SSSR count). The van der Waals surface area contributed by atoms with Gasteiger partial charge in [0.05, 0.1) is 26.2 Å². The van der Waals surface area contributed by atoms with E-state index in [9.17, 15) is 16.8 Å². The lowest BCUT2D eigenvalue weighted by molar-refractivity contribution is 0.362. The molecule has 0 heterocycles. The quantitative estimate of drug-likeness (QED) is 0.511. The van der Waals surface area contributed by atoms with Gasteiger partial charge in [0.15, 0.2) is 0 Å².